The van der Waals surface area contributed by atoms with Crippen molar-refractivity contribution in [2.24, 2.45) is 0 Å². The highest BCUT2D eigenvalue weighted by Crippen LogP contribution is 2.55. The Kier molecular flexibility index (Phi) is 7.22. The highest BCUT2D eigenvalue weighted by molar-refractivity contribution is 8.13. The Morgan fingerprint density at radius 1 is 1.25 bits per heavy atom. The number of hydrogen-bond donors (Lipinski definition) is 0. The summed E-state index contributed by atoms with van der Waals surface area (Å²) >= 11 is -0.462. The molecule has 2 fully saturated rings. The van der Waals surface area contributed by atoms with Gasteiger partial charge in [0.15, 0.2) is 36.1 Å². The maximum atomic E-state index is 13.9. The summed E-state index contributed by atoms with van der Waals surface area (Å²) in [4.78, 5) is 9.47. The molecule has 3 aromatic rings. The first-order valence-corrected chi connectivity index (χ1v) is 13.2. The van der Waals surface area contributed by atoms with Crippen LogP contribution in [0.4, 0.5) is 13.6 Å². The smallest absolute Gasteiger partial charge is 0.247 e. The number of aromatic nitrogens is 4. The molecule has 0 aliphatic carbocycles. The van der Waals surface area contributed by atoms with Crippen LogP contribution in [0.3, 0.4) is 0 Å². The van der Waals surface area contributed by atoms with E-state index in [1.807, 2.05) is 19.1 Å². The minimum absolute atomic E-state index is 0.0625. The lowest BCUT2D eigenvalue weighted by atomic mass is 9.34. The largest absolute Gasteiger partial charge is 0.274 e. The number of nitrogens with zero attached hydrogens (tertiary/aromatic N) is 6. The molecular formula is C25H23BF2N6S2. The fourth-order valence-corrected chi connectivity index (χ4v) is 6.31. The summed E-state index contributed by atoms with van der Waals surface area (Å²) in [6.45, 7) is 5.99. The Morgan fingerprint density at radius 2 is 2.00 bits per heavy atom. The summed E-state index contributed by atoms with van der Waals surface area (Å²) in [5, 5.41) is 14.1. The fraction of sp³-hybridized carbons (Fsp3) is 0.360. The molecule has 0 saturated carbocycles. The molecule has 0 spiro atoms. The third kappa shape index (κ3) is 4.25. The van der Waals surface area contributed by atoms with Crippen molar-refractivity contribution in [3.05, 3.63) is 48.1 Å². The minimum atomic E-state index is -0.231. The van der Waals surface area contributed by atoms with Crippen LogP contribution in [0, 0.1) is 23.1 Å². The Hall–Kier alpha value is -3.02. The van der Waals surface area contributed by atoms with Crippen LogP contribution < -0.4 is 3.71 Å². The Balaban J connectivity index is 1.66. The molecule has 5 heterocycles. The third-order valence-electron chi connectivity index (χ3n) is 7.29. The molecule has 2 atom stereocenters. The van der Waals surface area contributed by atoms with E-state index in [-0.39, 0.29) is 43.1 Å². The van der Waals surface area contributed by atoms with Gasteiger partial charge in [0.2, 0.25) is 0 Å². The number of halogens is 2. The number of hydrogen-bond acceptors (Lipinski definition) is 7. The number of anilines is 1. The van der Waals surface area contributed by atoms with Crippen molar-refractivity contribution in [1.82, 2.24) is 19.6 Å². The van der Waals surface area contributed by atoms with E-state index in [0.717, 1.165) is 47.1 Å². The van der Waals surface area contributed by atoms with Gasteiger partial charge in [0.25, 0.3) is 6.71 Å². The number of pyridine rings is 1. The molecule has 0 N–H and O–H groups in total. The van der Waals surface area contributed by atoms with Crippen molar-refractivity contribution in [2.45, 2.75) is 56.6 Å². The summed E-state index contributed by atoms with van der Waals surface area (Å²) in [5.74, 6) is 9.42. The lowest BCUT2D eigenvalue weighted by Gasteiger charge is -2.31. The van der Waals surface area contributed by atoms with Crippen molar-refractivity contribution in [3.63, 3.8) is 0 Å². The second kappa shape index (κ2) is 10.5. The van der Waals surface area contributed by atoms with Gasteiger partial charge in [-0.3, -0.25) is 0 Å². The van der Waals surface area contributed by atoms with Crippen molar-refractivity contribution in [3.8, 4) is 28.9 Å². The van der Waals surface area contributed by atoms with Gasteiger partial charge in [-0.1, -0.05) is 38.3 Å². The van der Waals surface area contributed by atoms with Gasteiger partial charge < -0.3 is 0 Å². The van der Waals surface area contributed by atoms with Gasteiger partial charge in [0.05, 0.1) is 11.9 Å². The van der Waals surface area contributed by atoms with Crippen LogP contribution in [0.5, 0.6) is 0 Å². The van der Waals surface area contributed by atoms with Crippen LogP contribution in [0.1, 0.15) is 61.9 Å². The van der Waals surface area contributed by atoms with Crippen LogP contribution in [-0.4, -0.2) is 26.3 Å². The molecule has 2 bridgehead atoms. The number of nitriles is 1. The van der Waals surface area contributed by atoms with Gasteiger partial charge in [-0.05, 0) is 42.5 Å². The topological polar surface area (TPSA) is 70.1 Å². The molecule has 182 valence electrons. The minimum Gasteiger partial charge on any atom is -0.247 e. The molecule has 0 amide bonds. The van der Waals surface area contributed by atoms with Crippen molar-refractivity contribution < 1.29 is 7.77 Å². The summed E-state index contributed by atoms with van der Waals surface area (Å²) < 4.78 is 30.1. The van der Waals surface area contributed by atoms with E-state index < -0.39 is 0 Å². The zero-order valence-corrected chi connectivity index (χ0v) is 21.3. The van der Waals surface area contributed by atoms with Crippen molar-refractivity contribution >= 4 is 48.9 Å². The van der Waals surface area contributed by atoms with E-state index >= 15 is 0 Å². The average Bonchev–Trinajstić information content (AvgIpc) is 3.44. The van der Waals surface area contributed by atoms with Gasteiger partial charge in [0, 0.05) is 41.2 Å². The van der Waals surface area contributed by atoms with Crippen LogP contribution in [-0.2, 0) is 0 Å². The van der Waals surface area contributed by atoms with E-state index in [1.165, 1.54) is 4.52 Å². The normalized spacial score (nSPS) is 20.6. The Labute approximate surface area is 218 Å². The molecular weight excluding hydrogens is 497 g/mol. The molecule has 11 heteroatoms. The molecule has 2 aliphatic heterocycles. The Bertz CT molecular complexity index is 1380. The second-order valence-corrected chi connectivity index (χ2v) is 10.4. The first-order valence-electron chi connectivity index (χ1n) is 11.9. The van der Waals surface area contributed by atoms with Gasteiger partial charge in [-0.15, -0.1) is 7.77 Å². The number of fused-ring (bicyclic) bond motifs is 3. The van der Waals surface area contributed by atoms with Crippen molar-refractivity contribution in [2.75, 3.05) is 3.71 Å². The molecule has 2 saturated heterocycles. The van der Waals surface area contributed by atoms with Gasteiger partial charge >= 0.3 is 0 Å². The summed E-state index contributed by atoms with van der Waals surface area (Å²) in [5.41, 5.74) is 3.94. The zero-order valence-electron chi connectivity index (χ0n) is 19.7. The predicted molar refractivity (Wildman–Crippen MR) is 143 cm³/mol. The van der Waals surface area contributed by atoms with Crippen LogP contribution in [0.25, 0.3) is 22.9 Å². The monoisotopic (exact) mass is 520 g/mol. The summed E-state index contributed by atoms with van der Waals surface area (Å²) in [7, 11) is 0. The summed E-state index contributed by atoms with van der Waals surface area (Å²) in [6, 6.07) is 3.74. The molecule has 2 aliphatic rings. The molecule has 36 heavy (non-hydrogen) atoms. The van der Waals surface area contributed by atoms with E-state index in [2.05, 4.69) is 34.5 Å². The van der Waals surface area contributed by atoms with E-state index in [4.69, 9.17) is 4.98 Å². The summed E-state index contributed by atoms with van der Waals surface area (Å²) in [6.07, 6.45) is 9.38. The fourth-order valence-electron chi connectivity index (χ4n) is 5.74. The van der Waals surface area contributed by atoms with E-state index in [9.17, 15) is 13.0 Å². The highest BCUT2D eigenvalue weighted by Gasteiger charge is 2.47. The lowest BCUT2D eigenvalue weighted by molar-refractivity contribution is 0.539. The van der Waals surface area contributed by atoms with Crippen molar-refractivity contribution in [1.29, 1.82) is 5.26 Å². The molecule has 6 nitrogen and oxygen atoms in total. The third-order valence-corrected chi connectivity index (χ3v) is 8.23. The standard InChI is InChI=1S/C25H23BF2N6S2/c1-3-5-6-20-10-7-16(13-30-20)22-14-31-33-24(22)32-23(21(4-2)25(33)34(35-27)36-28)17-11-18-8-9-19(12-17)26(18)15-29/h4,7,10,13-14,17-19H,2-3,8-9,11-12H2,1H3. The highest BCUT2D eigenvalue weighted by atomic mass is 32.3. The van der Waals surface area contributed by atoms with Crippen LogP contribution in [0.2, 0.25) is 11.6 Å². The average molecular weight is 520 g/mol. The second-order valence-electron chi connectivity index (χ2n) is 9.14. The zero-order chi connectivity index (χ0) is 25.2. The molecule has 5 rings (SSSR count). The van der Waals surface area contributed by atoms with Gasteiger partial charge in [-0.25, -0.2) is 15.2 Å². The quantitative estimate of drug-likeness (QED) is 0.196. The van der Waals surface area contributed by atoms with Crippen LogP contribution >= 0.6 is 24.7 Å². The first kappa shape index (κ1) is 24.7. The van der Waals surface area contributed by atoms with Gasteiger partial charge in [0.1, 0.15) is 5.69 Å². The lowest BCUT2D eigenvalue weighted by Crippen LogP contribution is -2.28. The van der Waals surface area contributed by atoms with Gasteiger partial charge in [-0.2, -0.15) is 13.3 Å². The van der Waals surface area contributed by atoms with E-state index in [1.54, 1.807) is 18.5 Å². The molecule has 0 aromatic carbocycles. The molecule has 2 unspecified atom stereocenters. The molecule has 0 radical (unpaired) electrons. The first-order chi connectivity index (χ1) is 17.6. The predicted octanol–water partition coefficient (Wildman–Crippen LogP) is 7.04. The SMILES string of the molecule is C=Cc1c(C2CC3CCC(C2)B3C#N)nc2c(-c3ccc(C#CCC)nc3)cnn2c1N(SF)SF. The Morgan fingerprint density at radius 3 is 2.58 bits per heavy atom. The van der Waals surface area contributed by atoms with E-state index in [0.29, 0.717) is 34.1 Å². The molecule has 3 aromatic heterocycles. The maximum absolute atomic E-state index is 13.9. The maximum Gasteiger partial charge on any atom is 0.274 e. The number of rotatable bonds is 6. The van der Waals surface area contributed by atoms with Crippen LogP contribution in [0.15, 0.2) is 31.1 Å².